The number of amides is 1. The Morgan fingerprint density at radius 1 is 1.35 bits per heavy atom. The first-order valence-corrected chi connectivity index (χ1v) is 7.22. The van der Waals surface area contributed by atoms with E-state index in [9.17, 15) is 9.90 Å². The predicted octanol–water partition coefficient (Wildman–Crippen LogP) is 1.94. The van der Waals surface area contributed by atoms with Crippen LogP contribution in [0.5, 0.6) is 0 Å². The predicted molar refractivity (Wildman–Crippen MR) is 81.1 cm³/mol. The summed E-state index contributed by atoms with van der Waals surface area (Å²) in [5, 5.41) is 10.4. The Balaban J connectivity index is 2.75. The number of benzene rings is 1. The van der Waals surface area contributed by atoms with E-state index in [0.717, 1.165) is 18.4 Å². The van der Waals surface area contributed by atoms with Crippen molar-refractivity contribution in [1.82, 2.24) is 4.90 Å². The summed E-state index contributed by atoms with van der Waals surface area (Å²) in [5.41, 5.74) is 6.49. The summed E-state index contributed by atoms with van der Waals surface area (Å²) in [6, 6.07) is 9.12. The summed E-state index contributed by atoms with van der Waals surface area (Å²) in [6.07, 6.45) is 1.02. The number of hydrogen-bond donors (Lipinski definition) is 2. The first-order chi connectivity index (χ1) is 9.52. The molecule has 0 spiro atoms. The van der Waals surface area contributed by atoms with Gasteiger partial charge >= 0.3 is 0 Å². The minimum Gasteiger partial charge on any atom is -0.386 e. The maximum atomic E-state index is 12.4. The third-order valence-electron chi connectivity index (χ3n) is 3.83. The number of carbonyl (C=O) groups is 1. The summed E-state index contributed by atoms with van der Waals surface area (Å²) in [7, 11) is 1.73. The molecule has 3 atom stereocenters. The second-order valence-corrected chi connectivity index (χ2v) is 5.27. The van der Waals surface area contributed by atoms with Crippen molar-refractivity contribution in [3.63, 3.8) is 0 Å². The van der Waals surface area contributed by atoms with Gasteiger partial charge in [-0.3, -0.25) is 4.79 Å². The summed E-state index contributed by atoms with van der Waals surface area (Å²) >= 11 is 0. The molecular formula is C16H26N2O2. The summed E-state index contributed by atoms with van der Waals surface area (Å²) in [4.78, 5) is 14.0. The van der Waals surface area contributed by atoms with Crippen LogP contribution in [0.2, 0.25) is 0 Å². The molecule has 1 unspecified atom stereocenters. The molecule has 112 valence electrons. The van der Waals surface area contributed by atoms with Crippen LogP contribution in [-0.4, -0.2) is 35.5 Å². The molecule has 0 aliphatic carbocycles. The van der Waals surface area contributed by atoms with Crippen molar-refractivity contribution in [3.05, 3.63) is 35.9 Å². The van der Waals surface area contributed by atoms with Crippen LogP contribution < -0.4 is 5.73 Å². The Hall–Kier alpha value is -1.39. The highest BCUT2D eigenvalue weighted by Crippen LogP contribution is 2.21. The lowest BCUT2D eigenvalue weighted by molar-refractivity contribution is -0.138. The number of likely N-dealkylation sites (N-methyl/N-ethyl adjacent to an activating group) is 1. The molecular weight excluding hydrogens is 252 g/mol. The van der Waals surface area contributed by atoms with Crippen molar-refractivity contribution in [3.8, 4) is 0 Å². The quantitative estimate of drug-likeness (QED) is 0.801. The number of hydrogen-bond acceptors (Lipinski definition) is 3. The van der Waals surface area contributed by atoms with E-state index in [4.69, 9.17) is 5.73 Å². The van der Waals surface area contributed by atoms with Crippen LogP contribution in [0.1, 0.15) is 38.4 Å². The van der Waals surface area contributed by atoms with E-state index in [-0.39, 0.29) is 17.9 Å². The first kappa shape index (κ1) is 16.7. The first-order valence-electron chi connectivity index (χ1n) is 7.22. The lowest BCUT2D eigenvalue weighted by Gasteiger charge is -2.31. The normalized spacial score (nSPS) is 15.4. The second-order valence-electron chi connectivity index (χ2n) is 5.27. The minimum atomic E-state index is -0.690. The van der Waals surface area contributed by atoms with Gasteiger partial charge in [-0.2, -0.15) is 0 Å². The van der Waals surface area contributed by atoms with Crippen molar-refractivity contribution >= 4 is 5.91 Å². The fourth-order valence-electron chi connectivity index (χ4n) is 2.32. The van der Waals surface area contributed by atoms with Gasteiger partial charge < -0.3 is 15.7 Å². The maximum absolute atomic E-state index is 12.4. The average molecular weight is 278 g/mol. The molecule has 1 aromatic rings. The Labute approximate surface area is 121 Å². The zero-order chi connectivity index (χ0) is 15.1. The van der Waals surface area contributed by atoms with E-state index in [2.05, 4.69) is 0 Å². The number of nitrogens with two attached hydrogens (primary N) is 1. The van der Waals surface area contributed by atoms with Crippen LogP contribution in [0, 0.1) is 5.92 Å². The average Bonchev–Trinajstić information content (AvgIpc) is 2.50. The topological polar surface area (TPSA) is 66.6 Å². The molecule has 0 aliphatic heterocycles. The third-order valence-corrected chi connectivity index (χ3v) is 3.83. The van der Waals surface area contributed by atoms with Crippen molar-refractivity contribution < 1.29 is 9.90 Å². The van der Waals surface area contributed by atoms with Crippen LogP contribution in [0.4, 0.5) is 0 Å². The molecule has 0 saturated carbocycles. The highest BCUT2D eigenvalue weighted by atomic mass is 16.3. The second kappa shape index (κ2) is 8.02. The van der Waals surface area contributed by atoms with E-state index in [1.165, 1.54) is 0 Å². The molecule has 4 heteroatoms. The van der Waals surface area contributed by atoms with Gasteiger partial charge in [-0.15, -0.1) is 0 Å². The minimum absolute atomic E-state index is 0.0110. The molecule has 0 saturated heterocycles. The van der Waals surface area contributed by atoms with Crippen molar-refractivity contribution in [1.29, 1.82) is 0 Å². The van der Waals surface area contributed by atoms with Crippen LogP contribution >= 0.6 is 0 Å². The largest absolute Gasteiger partial charge is 0.386 e. The Morgan fingerprint density at radius 3 is 2.45 bits per heavy atom. The number of nitrogens with zero attached hydrogens (tertiary/aromatic N) is 1. The summed E-state index contributed by atoms with van der Waals surface area (Å²) < 4.78 is 0. The third kappa shape index (κ3) is 4.05. The van der Waals surface area contributed by atoms with Crippen molar-refractivity contribution in [2.24, 2.45) is 11.7 Å². The van der Waals surface area contributed by atoms with Crippen molar-refractivity contribution in [2.75, 3.05) is 13.6 Å². The molecule has 4 nitrogen and oxygen atoms in total. The zero-order valence-electron chi connectivity index (χ0n) is 12.6. The van der Waals surface area contributed by atoms with Gasteiger partial charge in [0, 0.05) is 13.6 Å². The van der Waals surface area contributed by atoms with Gasteiger partial charge in [0.25, 0.3) is 0 Å². The SMILES string of the molecule is CCCC(CN)C(=O)N(C)[C@H](C)[C@H](O)c1ccccc1. The molecule has 1 aromatic carbocycles. The van der Waals surface area contributed by atoms with Gasteiger partial charge in [-0.05, 0) is 18.9 Å². The zero-order valence-corrected chi connectivity index (χ0v) is 12.6. The lowest BCUT2D eigenvalue weighted by atomic mass is 9.98. The van der Waals surface area contributed by atoms with E-state index in [1.54, 1.807) is 11.9 Å². The highest BCUT2D eigenvalue weighted by Gasteiger charge is 2.27. The molecule has 0 fully saturated rings. The summed E-state index contributed by atoms with van der Waals surface area (Å²) in [6.45, 7) is 4.25. The van der Waals surface area contributed by atoms with Crippen LogP contribution in [0.3, 0.4) is 0 Å². The summed E-state index contributed by atoms with van der Waals surface area (Å²) in [5.74, 6) is -0.146. The molecule has 0 radical (unpaired) electrons. The van der Waals surface area contributed by atoms with Gasteiger partial charge in [-0.1, -0.05) is 43.7 Å². The smallest absolute Gasteiger partial charge is 0.227 e. The van der Waals surface area contributed by atoms with Crippen LogP contribution in [-0.2, 0) is 4.79 Å². The molecule has 1 rings (SSSR count). The fourth-order valence-corrected chi connectivity index (χ4v) is 2.32. The van der Waals surface area contributed by atoms with Gasteiger partial charge in [0.2, 0.25) is 5.91 Å². The fraction of sp³-hybridized carbons (Fsp3) is 0.562. The molecule has 20 heavy (non-hydrogen) atoms. The van der Waals surface area contributed by atoms with Gasteiger partial charge in [0.15, 0.2) is 0 Å². The molecule has 1 amide bonds. The number of carbonyl (C=O) groups excluding carboxylic acids is 1. The monoisotopic (exact) mass is 278 g/mol. The van der Waals surface area contributed by atoms with Gasteiger partial charge in [0.1, 0.15) is 0 Å². The Bertz CT molecular complexity index is 408. The van der Waals surface area contributed by atoms with E-state index < -0.39 is 6.10 Å². The van der Waals surface area contributed by atoms with Crippen molar-refractivity contribution in [2.45, 2.75) is 38.8 Å². The highest BCUT2D eigenvalue weighted by molar-refractivity contribution is 5.79. The van der Waals surface area contributed by atoms with Crippen LogP contribution in [0.25, 0.3) is 0 Å². The molecule has 3 N–H and O–H groups in total. The molecule has 0 aromatic heterocycles. The van der Waals surface area contributed by atoms with Gasteiger partial charge in [0.05, 0.1) is 18.1 Å². The van der Waals surface area contributed by atoms with Gasteiger partial charge in [-0.25, -0.2) is 0 Å². The lowest BCUT2D eigenvalue weighted by Crippen LogP contribution is -2.44. The standard InChI is InChI=1S/C16H26N2O2/c1-4-8-14(11-17)16(20)18(3)12(2)15(19)13-9-6-5-7-10-13/h5-7,9-10,12,14-15,19H,4,8,11,17H2,1-3H3/t12-,14?,15+/m1/s1. The van der Waals surface area contributed by atoms with Crippen LogP contribution in [0.15, 0.2) is 30.3 Å². The number of rotatable bonds is 7. The Morgan fingerprint density at radius 2 is 1.95 bits per heavy atom. The molecule has 0 aliphatic rings. The number of aliphatic hydroxyl groups excluding tert-OH is 1. The van der Waals surface area contributed by atoms with E-state index >= 15 is 0 Å². The van der Waals surface area contributed by atoms with E-state index in [1.807, 2.05) is 44.2 Å². The Kier molecular flexibility index (Phi) is 6.68. The molecule has 0 bridgehead atoms. The number of aliphatic hydroxyl groups is 1. The molecule has 0 heterocycles. The van der Waals surface area contributed by atoms with E-state index in [0.29, 0.717) is 6.54 Å². The maximum Gasteiger partial charge on any atom is 0.227 e.